The summed E-state index contributed by atoms with van der Waals surface area (Å²) in [5, 5.41) is 19.8. The number of anilines is 2. The van der Waals surface area contributed by atoms with Crippen molar-refractivity contribution in [1.29, 1.82) is 0 Å². The lowest BCUT2D eigenvalue weighted by Crippen LogP contribution is -2.20. The van der Waals surface area contributed by atoms with Crippen LogP contribution in [0.1, 0.15) is 46.2 Å². The normalized spacial score (nSPS) is 16.5. The third-order valence-corrected chi connectivity index (χ3v) is 7.32. The van der Waals surface area contributed by atoms with Gasteiger partial charge in [-0.2, -0.15) is 5.10 Å². The second-order valence-corrected chi connectivity index (χ2v) is 9.62. The highest BCUT2D eigenvalue weighted by Gasteiger charge is 2.35. The van der Waals surface area contributed by atoms with Gasteiger partial charge in [-0.15, -0.1) is 10.2 Å². The van der Waals surface area contributed by atoms with Crippen LogP contribution in [-0.4, -0.2) is 35.3 Å². The van der Waals surface area contributed by atoms with E-state index < -0.39 is 11.9 Å². The zero-order valence-electron chi connectivity index (χ0n) is 19.4. The van der Waals surface area contributed by atoms with E-state index in [1.165, 1.54) is 24.5 Å². The lowest BCUT2D eigenvalue weighted by molar-refractivity contribution is 0.0960. The number of hydrogen-bond acceptors (Lipinski definition) is 6. The summed E-state index contributed by atoms with van der Waals surface area (Å²) in [6.07, 6.45) is 6.33. The Labute approximate surface area is 215 Å². The van der Waals surface area contributed by atoms with Crippen molar-refractivity contribution in [3.63, 3.8) is 0 Å². The van der Waals surface area contributed by atoms with E-state index in [0.29, 0.717) is 33.3 Å². The average molecular weight is 515 g/mol. The fourth-order valence-corrected chi connectivity index (χ4v) is 5.41. The molecule has 5 aromatic rings. The number of nitrogens with one attached hydrogen (secondary N) is 2. The van der Waals surface area contributed by atoms with Gasteiger partial charge in [0, 0.05) is 52.1 Å². The third-order valence-electron chi connectivity index (χ3n) is 6.97. The van der Waals surface area contributed by atoms with Crippen molar-refractivity contribution in [1.82, 2.24) is 34.7 Å². The quantitative estimate of drug-likeness (QED) is 0.360. The second kappa shape index (κ2) is 8.38. The Morgan fingerprint density at radius 2 is 2.00 bits per heavy atom. The lowest BCUT2D eigenvalue weighted by atomic mass is 9.93. The first kappa shape index (κ1) is 21.9. The Morgan fingerprint density at radius 1 is 1.08 bits per heavy atom. The van der Waals surface area contributed by atoms with Gasteiger partial charge >= 0.3 is 0 Å². The molecule has 0 spiro atoms. The molecule has 5 heterocycles. The SMILES string of the molecule is O=C1NC(c2cc(F)ccc2Cl)c2c(Nc3nnc4n3CCCC4)cc(-c3ccc4ncnn4c3)cc21. The van der Waals surface area contributed by atoms with E-state index in [0.717, 1.165) is 48.4 Å². The van der Waals surface area contributed by atoms with Gasteiger partial charge in [0.1, 0.15) is 18.0 Å². The molecule has 184 valence electrons. The van der Waals surface area contributed by atoms with Gasteiger partial charge in [0.2, 0.25) is 5.95 Å². The molecule has 2 aliphatic heterocycles. The summed E-state index contributed by atoms with van der Waals surface area (Å²) in [6.45, 7) is 0.811. The highest BCUT2D eigenvalue weighted by atomic mass is 35.5. The molecule has 1 atom stereocenters. The standard InChI is InChI=1S/C26H20ClFN8O/c27-19-6-5-16(28)11-17(19)24-23-18(25(37)32-24)9-15(14-4-7-21-29-13-30-36(21)12-14)10-20(23)31-26-34-33-22-3-1-2-8-35(22)26/h4-7,9-13,24H,1-3,8H2,(H,31,34)(H,32,37). The van der Waals surface area contributed by atoms with Gasteiger partial charge in [0.15, 0.2) is 5.65 Å². The van der Waals surface area contributed by atoms with Crippen molar-refractivity contribution in [3.05, 3.63) is 88.3 Å². The van der Waals surface area contributed by atoms with E-state index in [4.69, 9.17) is 11.6 Å². The fourth-order valence-electron chi connectivity index (χ4n) is 5.18. The molecule has 0 aliphatic carbocycles. The molecule has 37 heavy (non-hydrogen) atoms. The Kier molecular flexibility index (Phi) is 4.97. The molecule has 3 aromatic heterocycles. The maximum atomic E-state index is 14.2. The minimum Gasteiger partial charge on any atom is -0.341 e. The highest BCUT2D eigenvalue weighted by molar-refractivity contribution is 6.31. The number of aryl methyl sites for hydroxylation is 1. The Hall–Kier alpha value is -4.31. The fraction of sp³-hybridized carbons (Fsp3) is 0.192. The van der Waals surface area contributed by atoms with E-state index in [-0.39, 0.29) is 5.91 Å². The van der Waals surface area contributed by atoms with Crippen molar-refractivity contribution >= 4 is 34.8 Å². The first-order chi connectivity index (χ1) is 18.0. The summed E-state index contributed by atoms with van der Waals surface area (Å²) in [7, 11) is 0. The molecule has 0 radical (unpaired) electrons. The van der Waals surface area contributed by atoms with Crippen LogP contribution in [0, 0.1) is 5.82 Å². The first-order valence-corrected chi connectivity index (χ1v) is 12.4. The van der Waals surface area contributed by atoms with E-state index in [9.17, 15) is 9.18 Å². The van der Waals surface area contributed by atoms with Crippen LogP contribution in [0.15, 0.2) is 55.0 Å². The van der Waals surface area contributed by atoms with Crippen LogP contribution < -0.4 is 10.6 Å². The molecule has 1 unspecified atom stereocenters. The van der Waals surface area contributed by atoms with Gasteiger partial charge in [-0.3, -0.25) is 9.36 Å². The minimum atomic E-state index is -0.635. The smallest absolute Gasteiger partial charge is 0.252 e. The van der Waals surface area contributed by atoms with Crippen molar-refractivity contribution in [2.24, 2.45) is 0 Å². The molecule has 0 bridgehead atoms. The zero-order chi connectivity index (χ0) is 25.1. The van der Waals surface area contributed by atoms with Crippen molar-refractivity contribution < 1.29 is 9.18 Å². The molecule has 1 amide bonds. The summed E-state index contributed by atoms with van der Waals surface area (Å²) in [5.74, 6) is 0.831. The Balaban J connectivity index is 1.41. The summed E-state index contributed by atoms with van der Waals surface area (Å²) in [4.78, 5) is 17.5. The maximum Gasteiger partial charge on any atom is 0.252 e. The van der Waals surface area contributed by atoms with Gasteiger partial charge in [-0.25, -0.2) is 13.9 Å². The molecule has 0 fully saturated rings. The largest absolute Gasteiger partial charge is 0.341 e. The van der Waals surface area contributed by atoms with Crippen LogP contribution in [0.2, 0.25) is 5.02 Å². The number of rotatable bonds is 4. The number of carbonyl (C=O) groups excluding carboxylic acids is 1. The van der Waals surface area contributed by atoms with E-state index in [1.807, 2.05) is 30.5 Å². The summed E-state index contributed by atoms with van der Waals surface area (Å²) < 4.78 is 18.0. The number of fused-ring (bicyclic) bond motifs is 3. The molecular weight excluding hydrogens is 495 g/mol. The number of aromatic nitrogens is 6. The van der Waals surface area contributed by atoms with Gasteiger partial charge in [-0.1, -0.05) is 11.6 Å². The lowest BCUT2D eigenvalue weighted by Gasteiger charge is -2.20. The molecular formula is C26H20ClFN8O. The molecule has 7 rings (SSSR count). The van der Waals surface area contributed by atoms with Crippen LogP contribution in [0.25, 0.3) is 16.8 Å². The van der Waals surface area contributed by atoms with Crippen LogP contribution in [0.5, 0.6) is 0 Å². The number of nitrogens with zero attached hydrogens (tertiary/aromatic N) is 6. The van der Waals surface area contributed by atoms with E-state index in [1.54, 1.807) is 4.52 Å². The molecule has 2 aromatic carbocycles. The Morgan fingerprint density at radius 3 is 2.92 bits per heavy atom. The zero-order valence-corrected chi connectivity index (χ0v) is 20.2. The molecule has 2 aliphatic rings. The number of hydrogen-bond donors (Lipinski definition) is 2. The monoisotopic (exact) mass is 514 g/mol. The summed E-state index contributed by atoms with van der Waals surface area (Å²) >= 11 is 6.47. The number of benzene rings is 2. The average Bonchev–Trinajstić information content (AvgIpc) is 3.63. The van der Waals surface area contributed by atoms with Crippen molar-refractivity contribution in [3.8, 4) is 11.1 Å². The van der Waals surface area contributed by atoms with E-state index in [2.05, 4.69) is 35.5 Å². The summed E-state index contributed by atoms with van der Waals surface area (Å²) in [5.41, 5.74) is 4.67. The highest BCUT2D eigenvalue weighted by Crippen LogP contribution is 2.42. The third kappa shape index (κ3) is 3.63. The first-order valence-electron chi connectivity index (χ1n) is 12.0. The van der Waals surface area contributed by atoms with Crippen LogP contribution in [-0.2, 0) is 13.0 Å². The predicted molar refractivity (Wildman–Crippen MR) is 135 cm³/mol. The topological polar surface area (TPSA) is 102 Å². The number of pyridine rings is 1. The molecule has 0 saturated carbocycles. The number of carbonyl (C=O) groups is 1. The van der Waals surface area contributed by atoms with Crippen LogP contribution in [0.4, 0.5) is 16.0 Å². The molecule has 9 nitrogen and oxygen atoms in total. The van der Waals surface area contributed by atoms with Crippen LogP contribution >= 0.6 is 11.6 Å². The van der Waals surface area contributed by atoms with Gasteiger partial charge in [-0.05, 0) is 60.9 Å². The maximum absolute atomic E-state index is 14.2. The van der Waals surface area contributed by atoms with Crippen LogP contribution in [0.3, 0.4) is 0 Å². The number of amides is 1. The van der Waals surface area contributed by atoms with Gasteiger partial charge < -0.3 is 10.6 Å². The molecule has 11 heteroatoms. The number of halogens is 2. The van der Waals surface area contributed by atoms with Crippen molar-refractivity contribution in [2.75, 3.05) is 5.32 Å². The minimum absolute atomic E-state index is 0.268. The summed E-state index contributed by atoms with van der Waals surface area (Å²) in [6, 6.07) is 11.1. The van der Waals surface area contributed by atoms with Gasteiger partial charge in [0.25, 0.3) is 5.91 Å². The Bertz CT molecular complexity index is 1710. The van der Waals surface area contributed by atoms with E-state index >= 15 is 0 Å². The van der Waals surface area contributed by atoms with Crippen molar-refractivity contribution in [2.45, 2.75) is 31.8 Å². The van der Waals surface area contributed by atoms with Gasteiger partial charge in [0.05, 0.1) is 6.04 Å². The predicted octanol–water partition coefficient (Wildman–Crippen LogP) is 4.69. The second-order valence-electron chi connectivity index (χ2n) is 9.21. The molecule has 2 N–H and O–H groups in total. The molecule has 0 saturated heterocycles.